The van der Waals surface area contributed by atoms with Crippen molar-refractivity contribution < 1.29 is 39.9 Å². The summed E-state index contributed by atoms with van der Waals surface area (Å²) in [5, 5.41) is 2.87. The Labute approximate surface area is 244 Å². The van der Waals surface area contributed by atoms with E-state index in [9.17, 15) is 35.5 Å². The van der Waals surface area contributed by atoms with E-state index >= 15 is 0 Å². The number of oxazole rings is 1. The van der Waals surface area contributed by atoms with Crippen LogP contribution < -0.4 is 5.32 Å². The number of alkyl halides is 7. The molecule has 232 valence electrons. The number of likely N-dealkylation sites (tertiary alicyclic amines) is 1. The van der Waals surface area contributed by atoms with Crippen LogP contribution in [-0.4, -0.2) is 60.0 Å². The lowest BCUT2D eigenvalue weighted by molar-refractivity contribution is -0.343. The molecule has 3 aromatic rings. The highest BCUT2D eigenvalue weighted by molar-refractivity contribution is 5.94. The van der Waals surface area contributed by atoms with Gasteiger partial charge in [-0.05, 0) is 92.7 Å². The van der Waals surface area contributed by atoms with E-state index in [1.807, 2.05) is 13.8 Å². The Hall–Kier alpha value is -3.66. The number of rotatable bonds is 9. The van der Waals surface area contributed by atoms with Gasteiger partial charge < -0.3 is 14.6 Å². The lowest BCUT2D eigenvalue weighted by atomic mass is 9.95. The summed E-state index contributed by atoms with van der Waals surface area (Å²) in [6, 6.07) is 10.2. The molecule has 1 aliphatic heterocycles. The summed E-state index contributed by atoms with van der Waals surface area (Å²) in [7, 11) is 0. The van der Waals surface area contributed by atoms with Gasteiger partial charge in [0.15, 0.2) is 11.3 Å². The van der Waals surface area contributed by atoms with Crippen LogP contribution in [0.1, 0.15) is 61.4 Å². The first-order valence-electron chi connectivity index (χ1n) is 13.9. The van der Waals surface area contributed by atoms with Crippen molar-refractivity contribution in [1.29, 1.82) is 0 Å². The molecule has 1 N–H and O–H groups in total. The number of fused-ring (bicyclic) bond motifs is 1. The minimum Gasteiger partial charge on any atom is -0.436 e. The normalized spacial score (nSPS) is 15.7. The molecule has 1 amide bonds. The van der Waals surface area contributed by atoms with Crippen LogP contribution in [0.5, 0.6) is 0 Å². The summed E-state index contributed by atoms with van der Waals surface area (Å²) in [4.78, 5) is 22.5. The van der Waals surface area contributed by atoms with E-state index in [0.29, 0.717) is 66.3 Å². The Kier molecular flexibility index (Phi) is 9.39. The second-order valence-electron chi connectivity index (χ2n) is 11.1. The van der Waals surface area contributed by atoms with E-state index in [4.69, 9.17) is 11.0 Å². The van der Waals surface area contributed by atoms with Gasteiger partial charge in [-0.1, -0.05) is 13.8 Å². The van der Waals surface area contributed by atoms with Crippen LogP contribution in [0.25, 0.3) is 27.4 Å². The van der Waals surface area contributed by atoms with E-state index in [1.165, 1.54) is 0 Å². The number of halogens is 7. The third kappa shape index (κ3) is 7.12. The number of carbonyl (C=O) groups excluding carboxylic acids is 1. The number of amides is 1. The fraction of sp³-hybridized carbons (Fsp3) is 0.500. The first-order chi connectivity index (χ1) is 20.1. The molecular weight excluding hydrogens is 581 g/mol. The van der Waals surface area contributed by atoms with Gasteiger partial charge in [-0.3, -0.25) is 4.79 Å². The standard InChI is InChI=1S/C30H31F7N4O2/c1-18(2)23-15-22(38-3)16-24-25(23)43-27(40-24)21-7-5-20(6-8-21)26(42)39-17-19-9-13-41(14-10-19)12-4-11-28(31,29(32,33)34)30(35,36)37/h5-8,15-16,18-19H,4,9-14,17H2,1-2H3,(H,39,42). The van der Waals surface area contributed by atoms with Crippen molar-refractivity contribution in [1.82, 2.24) is 15.2 Å². The molecule has 0 radical (unpaired) electrons. The highest BCUT2D eigenvalue weighted by atomic mass is 19.4. The molecule has 1 fully saturated rings. The molecule has 13 heteroatoms. The minimum absolute atomic E-state index is 0.0805. The molecule has 1 aliphatic rings. The van der Waals surface area contributed by atoms with Crippen LogP contribution in [0.3, 0.4) is 0 Å². The maximum Gasteiger partial charge on any atom is 0.431 e. The number of benzene rings is 2. The first-order valence-corrected chi connectivity index (χ1v) is 13.9. The average molecular weight is 613 g/mol. The predicted octanol–water partition coefficient (Wildman–Crippen LogP) is 8.22. The quantitative estimate of drug-likeness (QED) is 0.195. The molecule has 6 nitrogen and oxygen atoms in total. The van der Waals surface area contributed by atoms with Crippen molar-refractivity contribution in [3.8, 4) is 11.5 Å². The van der Waals surface area contributed by atoms with Crippen molar-refractivity contribution in [2.45, 2.75) is 63.5 Å². The second-order valence-corrected chi connectivity index (χ2v) is 11.1. The molecular formula is C30H31F7N4O2. The fourth-order valence-electron chi connectivity index (χ4n) is 5.17. The number of hydrogen-bond acceptors (Lipinski definition) is 4. The highest BCUT2D eigenvalue weighted by Gasteiger charge is 2.71. The van der Waals surface area contributed by atoms with Gasteiger partial charge >= 0.3 is 12.4 Å². The van der Waals surface area contributed by atoms with Gasteiger partial charge in [0.25, 0.3) is 11.6 Å². The average Bonchev–Trinajstić information content (AvgIpc) is 3.39. The predicted molar refractivity (Wildman–Crippen MR) is 146 cm³/mol. The van der Waals surface area contributed by atoms with Gasteiger partial charge in [0.1, 0.15) is 0 Å². The van der Waals surface area contributed by atoms with Gasteiger partial charge in [0, 0.05) is 24.1 Å². The van der Waals surface area contributed by atoms with Gasteiger partial charge in [0.05, 0.1) is 12.1 Å². The van der Waals surface area contributed by atoms with Gasteiger partial charge in [0.2, 0.25) is 5.89 Å². The number of aromatic nitrogens is 1. The third-order valence-corrected chi connectivity index (χ3v) is 7.80. The monoisotopic (exact) mass is 612 g/mol. The van der Waals surface area contributed by atoms with E-state index in [0.717, 1.165) is 5.56 Å². The Morgan fingerprint density at radius 2 is 1.70 bits per heavy atom. The first kappa shape index (κ1) is 32.3. The van der Waals surface area contributed by atoms with Crippen LogP contribution in [-0.2, 0) is 0 Å². The number of carbonyl (C=O) groups is 1. The molecule has 0 unspecified atom stereocenters. The van der Waals surface area contributed by atoms with Gasteiger partial charge in [-0.15, -0.1) is 0 Å². The Bertz CT molecular complexity index is 1450. The van der Waals surface area contributed by atoms with E-state index in [1.54, 1.807) is 41.3 Å². The Balaban J connectivity index is 1.26. The maximum absolute atomic E-state index is 13.8. The van der Waals surface area contributed by atoms with Crippen molar-refractivity contribution >= 4 is 22.7 Å². The van der Waals surface area contributed by atoms with Crippen LogP contribution >= 0.6 is 0 Å². The molecule has 1 aromatic heterocycles. The summed E-state index contributed by atoms with van der Waals surface area (Å²) in [6.07, 6.45) is -13.1. The topological polar surface area (TPSA) is 62.7 Å². The van der Waals surface area contributed by atoms with E-state index in [-0.39, 0.29) is 24.3 Å². The summed E-state index contributed by atoms with van der Waals surface area (Å²) >= 11 is 0. The smallest absolute Gasteiger partial charge is 0.431 e. The fourth-order valence-corrected chi connectivity index (χ4v) is 5.17. The second kappa shape index (κ2) is 12.5. The van der Waals surface area contributed by atoms with Crippen molar-refractivity contribution in [3.05, 3.63) is 58.9 Å². The third-order valence-electron chi connectivity index (χ3n) is 7.80. The number of nitrogens with zero attached hydrogens (tertiary/aromatic N) is 3. The SMILES string of the molecule is [C-]#[N+]c1cc(C(C)C)c2oc(-c3ccc(C(=O)NCC4CCN(CCCC(F)(C(F)(F)F)C(F)(F)F)CC4)cc3)nc2c1. The molecule has 43 heavy (non-hydrogen) atoms. The molecule has 0 bridgehead atoms. The molecule has 4 rings (SSSR count). The summed E-state index contributed by atoms with van der Waals surface area (Å²) in [5.74, 6) is 0.280. The lowest BCUT2D eigenvalue weighted by Gasteiger charge is -2.34. The Morgan fingerprint density at radius 3 is 2.26 bits per heavy atom. The van der Waals surface area contributed by atoms with E-state index < -0.39 is 30.9 Å². The molecule has 0 saturated carbocycles. The zero-order valence-electron chi connectivity index (χ0n) is 23.6. The zero-order valence-corrected chi connectivity index (χ0v) is 23.6. The molecule has 0 aliphatic carbocycles. The zero-order chi connectivity index (χ0) is 31.6. The van der Waals surface area contributed by atoms with Crippen LogP contribution in [0.2, 0.25) is 0 Å². The molecule has 2 heterocycles. The largest absolute Gasteiger partial charge is 0.436 e. The van der Waals surface area contributed by atoms with Crippen LogP contribution in [0, 0.1) is 12.5 Å². The Morgan fingerprint density at radius 1 is 1.07 bits per heavy atom. The minimum atomic E-state index is -6.03. The molecule has 0 spiro atoms. The number of hydrogen-bond donors (Lipinski definition) is 1. The van der Waals surface area contributed by atoms with Crippen LogP contribution in [0.15, 0.2) is 40.8 Å². The molecule has 0 atom stereocenters. The van der Waals surface area contributed by atoms with E-state index in [2.05, 4.69) is 15.1 Å². The summed E-state index contributed by atoms with van der Waals surface area (Å²) < 4.78 is 96.2. The van der Waals surface area contributed by atoms with Crippen molar-refractivity contribution in [2.75, 3.05) is 26.2 Å². The molecule has 1 saturated heterocycles. The van der Waals surface area contributed by atoms with Crippen LogP contribution in [0.4, 0.5) is 36.4 Å². The highest BCUT2D eigenvalue weighted by Crippen LogP contribution is 2.49. The number of nitrogens with one attached hydrogen (secondary N) is 1. The van der Waals surface area contributed by atoms with Crippen molar-refractivity contribution in [2.24, 2.45) is 5.92 Å². The van der Waals surface area contributed by atoms with Crippen molar-refractivity contribution in [3.63, 3.8) is 0 Å². The summed E-state index contributed by atoms with van der Waals surface area (Å²) in [6.45, 7) is 12.5. The summed E-state index contributed by atoms with van der Waals surface area (Å²) in [5.41, 5.74) is -1.59. The number of piperidine rings is 1. The molecule has 2 aromatic carbocycles. The lowest BCUT2D eigenvalue weighted by Crippen LogP contribution is -2.53. The van der Waals surface area contributed by atoms with Gasteiger partial charge in [-0.25, -0.2) is 14.2 Å². The maximum atomic E-state index is 13.8. The van der Waals surface area contributed by atoms with Gasteiger partial charge in [-0.2, -0.15) is 26.3 Å².